The smallest absolute Gasteiger partial charge is 0.339 e. The van der Waals surface area contributed by atoms with Gasteiger partial charge in [0.25, 0.3) is 0 Å². The molecule has 3 aromatic rings. The molecule has 29 heavy (non-hydrogen) atoms. The third-order valence-corrected chi connectivity index (χ3v) is 5.17. The molecule has 0 fully saturated rings. The van der Waals surface area contributed by atoms with Gasteiger partial charge in [-0.05, 0) is 49.4 Å². The van der Waals surface area contributed by atoms with Crippen LogP contribution < -0.4 is 5.32 Å². The molecule has 0 aliphatic rings. The van der Waals surface area contributed by atoms with Crippen molar-refractivity contribution in [2.45, 2.75) is 26.4 Å². The number of nitrogens with zero attached hydrogens (tertiary/aromatic N) is 2. The maximum absolute atomic E-state index is 11.7. The van der Waals surface area contributed by atoms with Gasteiger partial charge >= 0.3 is 5.97 Å². The van der Waals surface area contributed by atoms with Crippen LogP contribution in [-0.2, 0) is 16.0 Å². The summed E-state index contributed by atoms with van der Waals surface area (Å²) >= 11 is 1.59. The quantitative estimate of drug-likeness (QED) is 0.418. The molecule has 1 unspecified atom stereocenters. The van der Waals surface area contributed by atoms with Crippen molar-refractivity contribution < 1.29 is 14.6 Å². The van der Waals surface area contributed by atoms with Crippen LogP contribution >= 0.6 is 11.3 Å². The number of carbonyl (C=O) groups excluding carboxylic acids is 1. The van der Waals surface area contributed by atoms with E-state index < -0.39 is 12.1 Å². The number of aliphatic hydroxyl groups excluding tert-OH is 1. The highest BCUT2D eigenvalue weighted by Gasteiger charge is 2.18. The maximum atomic E-state index is 11.7. The van der Waals surface area contributed by atoms with Crippen LogP contribution in [0.25, 0.3) is 10.7 Å². The van der Waals surface area contributed by atoms with Crippen LogP contribution in [0.5, 0.6) is 0 Å². The molecule has 2 aromatic heterocycles. The SMILES string of the molecule is C=CCc1c(C)nc(-c2cccs2)nc1Nc1ccc(C(O)C(=O)OCC)cc1. The van der Waals surface area contributed by atoms with Gasteiger partial charge < -0.3 is 15.2 Å². The first-order valence-corrected chi connectivity index (χ1v) is 10.2. The van der Waals surface area contributed by atoms with E-state index in [4.69, 9.17) is 9.72 Å². The van der Waals surface area contributed by atoms with Crippen molar-refractivity contribution in [3.8, 4) is 10.7 Å². The Bertz CT molecular complexity index is 985. The normalized spacial score (nSPS) is 11.7. The third kappa shape index (κ3) is 4.88. The summed E-state index contributed by atoms with van der Waals surface area (Å²) in [4.78, 5) is 22.1. The molecule has 0 spiro atoms. The summed E-state index contributed by atoms with van der Waals surface area (Å²) in [5.74, 6) is 0.718. The minimum Gasteiger partial charge on any atom is -0.464 e. The molecule has 6 nitrogen and oxygen atoms in total. The second kappa shape index (κ2) is 9.45. The fourth-order valence-electron chi connectivity index (χ4n) is 2.85. The van der Waals surface area contributed by atoms with Crippen molar-refractivity contribution >= 4 is 28.8 Å². The predicted octanol–water partition coefficient (Wildman–Crippen LogP) is 4.58. The summed E-state index contributed by atoms with van der Waals surface area (Å²) in [6, 6.07) is 10.9. The largest absolute Gasteiger partial charge is 0.464 e. The van der Waals surface area contributed by atoms with E-state index in [1.54, 1.807) is 42.5 Å². The van der Waals surface area contributed by atoms with Crippen LogP contribution in [0.3, 0.4) is 0 Å². The van der Waals surface area contributed by atoms with E-state index in [1.165, 1.54) is 0 Å². The zero-order valence-electron chi connectivity index (χ0n) is 16.4. The molecule has 1 atom stereocenters. The summed E-state index contributed by atoms with van der Waals surface area (Å²) < 4.78 is 4.86. The molecule has 0 saturated carbocycles. The molecule has 1 aromatic carbocycles. The van der Waals surface area contributed by atoms with Gasteiger partial charge in [-0.25, -0.2) is 14.8 Å². The molecule has 150 valence electrons. The second-order valence-electron chi connectivity index (χ2n) is 6.33. The molecule has 0 aliphatic heterocycles. The molecule has 2 heterocycles. The van der Waals surface area contributed by atoms with Crippen molar-refractivity contribution in [2.75, 3.05) is 11.9 Å². The monoisotopic (exact) mass is 409 g/mol. The number of anilines is 2. The second-order valence-corrected chi connectivity index (χ2v) is 7.28. The van der Waals surface area contributed by atoms with E-state index in [0.717, 1.165) is 21.8 Å². The van der Waals surface area contributed by atoms with Crippen molar-refractivity contribution in [3.05, 3.63) is 71.3 Å². The Labute approximate surface area is 173 Å². The van der Waals surface area contributed by atoms with Crippen molar-refractivity contribution in [1.29, 1.82) is 0 Å². The van der Waals surface area contributed by atoms with Gasteiger partial charge in [0.15, 0.2) is 11.9 Å². The highest BCUT2D eigenvalue weighted by molar-refractivity contribution is 7.13. The van der Waals surface area contributed by atoms with Gasteiger partial charge in [-0.15, -0.1) is 17.9 Å². The van der Waals surface area contributed by atoms with Crippen LogP contribution in [0, 0.1) is 6.92 Å². The average molecular weight is 410 g/mol. The highest BCUT2D eigenvalue weighted by atomic mass is 32.1. The van der Waals surface area contributed by atoms with Gasteiger partial charge in [-0.1, -0.05) is 24.3 Å². The van der Waals surface area contributed by atoms with E-state index in [2.05, 4.69) is 16.9 Å². The number of allylic oxidation sites excluding steroid dienone is 1. The zero-order valence-corrected chi connectivity index (χ0v) is 17.2. The van der Waals surface area contributed by atoms with Gasteiger partial charge in [-0.3, -0.25) is 0 Å². The number of aryl methyl sites for hydroxylation is 1. The first kappa shape index (κ1) is 20.7. The zero-order chi connectivity index (χ0) is 20.8. The lowest BCUT2D eigenvalue weighted by Crippen LogP contribution is -2.15. The Hall–Kier alpha value is -3.03. The van der Waals surface area contributed by atoms with Gasteiger partial charge in [0, 0.05) is 16.9 Å². The van der Waals surface area contributed by atoms with E-state index in [9.17, 15) is 9.90 Å². The van der Waals surface area contributed by atoms with Crippen LogP contribution in [0.2, 0.25) is 0 Å². The molecule has 0 bridgehead atoms. The Morgan fingerprint density at radius 3 is 2.69 bits per heavy atom. The summed E-state index contributed by atoms with van der Waals surface area (Å²) in [6.07, 6.45) is 1.16. The van der Waals surface area contributed by atoms with Crippen LogP contribution in [0.1, 0.15) is 29.8 Å². The molecule has 2 N–H and O–H groups in total. The number of rotatable bonds is 8. The molecular weight excluding hydrogens is 386 g/mol. The predicted molar refractivity (Wildman–Crippen MR) is 115 cm³/mol. The number of nitrogens with one attached hydrogen (secondary N) is 1. The van der Waals surface area contributed by atoms with Crippen molar-refractivity contribution in [3.63, 3.8) is 0 Å². The third-order valence-electron chi connectivity index (χ3n) is 4.30. The minimum absolute atomic E-state index is 0.223. The van der Waals surface area contributed by atoms with Gasteiger partial charge in [-0.2, -0.15) is 0 Å². The van der Waals surface area contributed by atoms with Crippen molar-refractivity contribution in [1.82, 2.24) is 9.97 Å². The van der Waals surface area contributed by atoms with Gasteiger partial charge in [0.2, 0.25) is 0 Å². The van der Waals surface area contributed by atoms with E-state index in [-0.39, 0.29) is 6.61 Å². The number of hydrogen-bond donors (Lipinski definition) is 2. The molecular formula is C22H23N3O3S. The number of hydrogen-bond acceptors (Lipinski definition) is 7. The number of thiophene rings is 1. The summed E-state index contributed by atoms with van der Waals surface area (Å²) in [6.45, 7) is 7.71. The average Bonchev–Trinajstić information content (AvgIpc) is 3.25. The Kier molecular flexibility index (Phi) is 6.74. The van der Waals surface area contributed by atoms with Crippen LogP contribution in [0.4, 0.5) is 11.5 Å². The first-order valence-electron chi connectivity index (χ1n) is 9.27. The molecule has 0 saturated heterocycles. The van der Waals surface area contributed by atoms with Gasteiger partial charge in [0.1, 0.15) is 5.82 Å². The number of aliphatic hydroxyl groups is 1. The Morgan fingerprint density at radius 1 is 1.31 bits per heavy atom. The number of benzene rings is 1. The molecule has 3 rings (SSSR count). The lowest BCUT2D eigenvalue weighted by Gasteiger charge is -2.15. The molecule has 0 aliphatic carbocycles. The highest BCUT2D eigenvalue weighted by Crippen LogP contribution is 2.28. The van der Waals surface area contributed by atoms with E-state index in [0.29, 0.717) is 23.6 Å². The lowest BCUT2D eigenvalue weighted by molar-refractivity contribution is -0.153. The number of ether oxygens (including phenoxy) is 1. The number of carbonyl (C=O) groups is 1. The molecule has 0 radical (unpaired) electrons. The summed E-state index contributed by atoms with van der Waals surface area (Å²) in [7, 11) is 0. The Morgan fingerprint density at radius 2 is 2.07 bits per heavy atom. The summed E-state index contributed by atoms with van der Waals surface area (Å²) in [5.41, 5.74) is 3.11. The van der Waals surface area contributed by atoms with Gasteiger partial charge in [0.05, 0.1) is 11.5 Å². The molecule has 0 amide bonds. The fraction of sp³-hybridized carbons (Fsp3) is 0.227. The number of aromatic nitrogens is 2. The topological polar surface area (TPSA) is 84.3 Å². The van der Waals surface area contributed by atoms with Crippen molar-refractivity contribution in [2.24, 2.45) is 0 Å². The minimum atomic E-state index is -1.30. The standard InChI is InChI=1S/C22H23N3O3S/c1-4-7-17-14(3)23-21(18-8-6-13-29-18)25-20(17)24-16-11-9-15(10-12-16)19(26)22(27)28-5-2/h4,6,8-13,19,26H,1,5,7H2,2-3H3,(H,23,24,25). The summed E-state index contributed by atoms with van der Waals surface area (Å²) in [5, 5.41) is 15.4. The van der Waals surface area contributed by atoms with E-state index in [1.807, 2.05) is 30.5 Å². The Balaban J connectivity index is 1.88. The number of esters is 1. The first-order chi connectivity index (χ1) is 14.0. The van der Waals surface area contributed by atoms with Crippen LogP contribution in [0.15, 0.2) is 54.4 Å². The fourth-order valence-corrected chi connectivity index (χ4v) is 3.50. The van der Waals surface area contributed by atoms with E-state index >= 15 is 0 Å². The van der Waals surface area contributed by atoms with Crippen LogP contribution in [-0.4, -0.2) is 27.7 Å². The maximum Gasteiger partial charge on any atom is 0.339 e. The molecule has 7 heteroatoms. The lowest BCUT2D eigenvalue weighted by atomic mass is 10.1.